The van der Waals surface area contributed by atoms with Crippen molar-refractivity contribution in [2.75, 3.05) is 26.2 Å². The van der Waals surface area contributed by atoms with E-state index in [1.807, 2.05) is 0 Å². The highest BCUT2D eigenvalue weighted by Gasteiger charge is 2.14. The summed E-state index contributed by atoms with van der Waals surface area (Å²) in [7, 11) is 0. The molecular weight excluding hydrogens is 390 g/mol. The Kier molecular flexibility index (Phi) is 18.8. The third-order valence-corrected chi connectivity index (χ3v) is 5.28. The zero-order chi connectivity index (χ0) is 23.5. The standard InChI is InChI=1S/C24H51N5O2/c1-19(2)17-21(25)23(30)28-15-11-7-5-9-13-27-14-10-6-8-12-16-29-24(31)22(26)18-20(3)4/h19-22,27H,5-18,25-26H2,1-4H3,(H,28,30)(H,29,31). The van der Waals surface area contributed by atoms with Gasteiger partial charge in [-0.05, 0) is 63.5 Å². The Morgan fingerprint density at radius 3 is 1.23 bits per heavy atom. The third-order valence-electron chi connectivity index (χ3n) is 5.28. The van der Waals surface area contributed by atoms with Crippen molar-refractivity contribution in [3.8, 4) is 0 Å². The molecule has 7 nitrogen and oxygen atoms in total. The van der Waals surface area contributed by atoms with E-state index < -0.39 is 0 Å². The maximum absolute atomic E-state index is 11.8. The van der Waals surface area contributed by atoms with Gasteiger partial charge in [-0.1, -0.05) is 53.4 Å². The highest BCUT2D eigenvalue weighted by molar-refractivity contribution is 5.81. The van der Waals surface area contributed by atoms with Crippen LogP contribution in [0.4, 0.5) is 0 Å². The first kappa shape index (κ1) is 29.8. The molecule has 0 saturated heterocycles. The SMILES string of the molecule is CC(C)CC(N)C(=O)NCCCCCCNCCCCCCNC(=O)C(N)CC(C)C. The smallest absolute Gasteiger partial charge is 0.236 e. The van der Waals surface area contributed by atoms with Crippen LogP contribution in [-0.2, 0) is 9.59 Å². The van der Waals surface area contributed by atoms with Gasteiger partial charge in [0.2, 0.25) is 11.8 Å². The molecule has 0 radical (unpaired) electrons. The fourth-order valence-electron chi connectivity index (χ4n) is 3.50. The second kappa shape index (κ2) is 19.5. The maximum atomic E-state index is 11.8. The van der Waals surface area contributed by atoms with Crippen molar-refractivity contribution in [3.05, 3.63) is 0 Å². The molecule has 0 spiro atoms. The van der Waals surface area contributed by atoms with Gasteiger partial charge in [0.05, 0.1) is 12.1 Å². The van der Waals surface area contributed by atoms with Crippen LogP contribution in [0, 0.1) is 11.8 Å². The van der Waals surface area contributed by atoms with Gasteiger partial charge in [-0.3, -0.25) is 9.59 Å². The Hall–Kier alpha value is -1.18. The summed E-state index contributed by atoms with van der Waals surface area (Å²) in [5, 5.41) is 9.37. The monoisotopic (exact) mass is 441 g/mol. The van der Waals surface area contributed by atoms with Crippen LogP contribution in [0.15, 0.2) is 0 Å². The number of carbonyl (C=O) groups excluding carboxylic acids is 2. The Morgan fingerprint density at radius 1 is 0.581 bits per heavy atom. The molecule has 0 saturated carbocycles. The van der Waals surface area contributed by atoms with Gasteiger partial charge in [0.25, 0.3) is 0 Å². The molecule has 0 aliphatic carbocycles. The second-order valence-corrected chi connectivity index (χ2v) is 9.63. The quantitative estimate of drug-likeness (QED) is 0.186. The van der Waals surface area contributed by atoms with Crippen molar-refractivity contribution in [3.63, 3.8) is 0 Å². The summed E-state index contributed by atoms with van der Waals surface area (Å²) < 4.78 is 0. The van der Waals surface area contributed by atoms with Crippen LogP contribution >= 0.6 is 0 Å². The van der Waals surface area contributed by atoms with Gasteiger partial charge in [-0.2, -0.15) is 0 Å². The highest BCUT2D eigenvalue weighted by Crippen LogP contribution is 2.04. The number of hydrogen-bond acceptors (Lipinski definition) is 5. The summed E-state index contributed by atoms with van der Waals surface area (Å²) in [6.45, 7) is 11.9. The molecule has 7 heteroatoms. The fourth-order valence-corrected chi connectivity index (χ4v) is 3.50. The number of hydrogen-bond donors (Lipinski definition) is 5. The second-order valence-electron chi connectivity index (χ2n) is 9.63. The molecule has 7 N–H and O–H groups in total. The maximum Gasteiger partial charge on any atom is 0.236 e. The molecule has 0 heterocycles. The molecule has 2 atom stereocenters. The number of unbranched alkanes of at least 4 members (excludes halogenated alkanes) is 6. The van der Waals surface area contributed by atoms with E-state index in [2.05, 4.69) is 43.6 Å². The van der Waals surface area contributed by atoms with Crippen molar-refractivity contribution < 1.29 is 9.59 Å². The Morgan fingerprint density at radius 2 is 0.903 bits per heavy atom. The van der Waals surface area contributed by atoms with Gasteiger partial charge in [-0.15, -0.1) is 0 Å². The molecule has 0 fully saturated rings. The van der Waals surface area contributed by atoms with E-state index >= 15 is 0 Å². The zero-order valence-electron chi connectivity index (χ0n) is 20.7. The predicted octanol–water partition coefficient (Wildman–Crippen LogP) is 2.68. The largest absolute Gasteiger partial charge is 0.355 e. The number of rotatable bonds is 20. The molecule has 0 aromatic carbocycles. The lowest BCUT2D eigenvalue weighted by Crippen LogP contribution is -2.41. The third kappa shape index (κ3) is 19.2. The molecule has 0 aliphatic heterocycles. The minimum absolute atomic E-state index is 0.0209. The van der Waals surface area contributed by atoms with Crippen LogP contribution in [0.1, 0.15) is 91.9 Å². The average molecular weight is 442 g/mol. The van der Waals surface area contributed by atoms with Crippen molar-refractivity contribution in [2.45, 2.75) is 104 Å². The van der Waals surface area contributed by atoms with Crippen molar-refractivity contribution >= 4 is 11.8 Å². The minimum Gasteiger partial charge on any atom is -0.355 e. The zero-order valence-corrected chi connectivity index (χ0v) is 20.7. The van der Waals surface area contributed by atoms with Crippen molar-refractivity contribution in [1.82, 2.24) is 16.0 Å². The lowest BCUT2D eigenvalue weighted by molar-refractivity contribution is -0.123. The first-order valence-electron chi connectivity index (χ1n) is 12.5. The summed E-state index contributed by atoms with van der Waals surface area (Å²) in [5.74, 6) is 0.847. The normalized spacial score (nSPS) is 13.4. The van der Waals surface area contributed by atoms with E-state index in [0.717, 1.165) is 64.7 Å². The lowest BCUT2D eigenvalue weighted by Gasteiger charge is -2.14. The fraction of sp³-hybridized carbons (Fsp3) is 0.917. The van der Waals surface area contributed by atoms with Crippen LogP contribution < -0.4 is 27.4 Å². The average Bonchev–Trinajstić information content (AvgIpc) is 2.69. The van der Waals surface area contributed by atoms with Gasteiger partial charge in [-0.25, -0.2) is 0 Å². The van der Waals surface area contributed by atoms with Gasteiger partial charge < -0.3 is 27.4 Å². The van der Waals surface area contributed by atoms with Gasteiger partial charge in [0, 0.05) is 13.1 Å². The predicted molar refractivity (Wildman–Crippen MR) is 131 cm³/mol. The van der Waals surface area contributed by atoms with Crippen molar-refractivity contribution in [2.24, 2.45) is 23.3 Å². The topological polar surface area (TPSA) is 122 Å². The molecule has 184 valence electrons. The van der Waals surface area contributed by atoms with E-state index in [1.54, 1.807) is 0 Å². The first-order valence-corrected chi connectivity index (χ1v) is 12.5. The van der Waals surface area contributed by atoms with E-state index in [1.165, 1.54) is 25.7 Å². The molecule has 0 aromatic heterocycles. The summed E-state index contributed by atoms with van der Waals surface area (Å²) in [4.78, 5) is 23.6. The summed E-state index contributed by atoms with van der Waals surface area (Å²) in [6, 6.07) is -0.757. The first-order chi connectivity index (χ1) is 14.7. The molecule has 0 rings (SSSR count). The summed E-state index contributed by atoms with van der Waals surface area (Å²) in [5.41, 5.74) is 11.7. The van der Waals surface area contributed by atoms with Gasteiger partial charge in [0.1, 0.15) is 0 Å². The molecule has 2 unspecified atom stereocenters. The summed E-state index contributed by atoms with van der Waals surface area (Å²) in [6.07, 6.45) is 10.5. The van der Waals surface area contributed by atoms with Crippen molar-refractivity contribution in [1.29, 1.82) is 0 Å². The van der Waals surface area contributed by atoms with Gasteiger partial charge in [0.15, 0.2) is 0 Å². The Bertz CT molecular complexity index is 417. The Balaban J connectivity index is 3.33. The number of amides is 2. The molecular formula is C24H51N5O2. The van der Waals surface area contributed by atoms with Crippen LogP contribution in [0.3, 0.4) is 0 Å². The van der Waals surface area contributed by atoms with E-state index in [-0.39, 0.29) is 23.9 Å². The number of nitrogens with one attached hydrogen (secondary N) is 3. The van der Waals surface area contributed by atoms with E-state index in [4.69, 9.17) is 11.5 Å². The lowest BCUT2D eigenvalue weighted by atomic mass is 10.0. The Labute approximate surface area is 191 Å². The van der Waals surface area contributed by atoms with E-state index in [9.17, 15) is 9.59 Å². The molecule has 2 amide bonds. The molecule has 0 aromatic rings. The van der Waals surface area contributed by atoms with Crippen LogP contribution in [0.5, 0.6) is 0 Å². The van der Waals surface area contributed by atoms with Gasteiger partial charge >= 0.3 is 0 Å². The van der Waals surface area contributed by atoms with Crippen LogP contribution in [0.2, 0.25) is 0 Å². The number of nitrogens with two attached hydrogens (primary N) is 2. The molecule has 0 aliphatic rings. The summed E-state index contributed by atoms with van der Waals surface area (Å²) >= 11 is 0. The number of carbonyl (C=O) groups is 2. The highest BCUT2D eigenvalue weighted by atomic mass is 16.2. The minimum atomic E-state index is -0.379. The van der Waals surface area contributed by atoms with Crippen LogP contribution in [-0.4, -0.2) is 50.1 Å². The molecule has 0 bridgehead atoms. The van der Waals surface area contributed by atoms with Crippen LogP contribution in [0.25, 0.3) is 0 Å². The molecule has 31 heavy (non-hydrogen) atoms. The van der Waals surface area contributed by atoms with E-state index in [0.29, 0.717) is 11.8 Å².